The molecule has 2 aromatic rings. The maximum absolute atomic E-state index is 11.6. The van der Waals surface area contributed by atoms with Crippen LogP contribution in [0.4, 0.5) is 0 Å². The number of piperidine rings is 1. The fourth-order valence-corrected chi connectivity index (χ4v) is 2.98. The molecular formula is C17H18ClN3O3. The van der Waals surface area contributed by atoms with Crippen molar-refractivity contribution in [2.75, 3.05) is 20.2 Å². The molecule has 1 aromatic heterocycles. The molecule has 0 bridgehead atoms. The highest BCUT2D eigenvalue weighted by molar-refractivity contribution is 6.34. The number of carbonyl (C=O) groups excluding carboxylic acids is 1. The largest absolute Gasteiger partial charge is 0.493 e. The second-order valence-electron chi connectivity index (χ2n) is 5.53. The van der Waals surface area contributed by atoms with E-state index in [1.54, 1.807) is 24.1 Å². The third kappa shape index (κ3) is 3.28. The second-order valence-corrected chi connectivity index (χ2v) is 5.89. The summed E-state index contributed by atoms with van der Waals surface area (Å²) in [6.07, 6.45) is 4.26. The van der Waals surface area contributed by atoms with Crippen LogP contribution in [0.25, 0.3) is 10.9 Å². The number of nitrogens with zero attached hydrogens (tertiary/aromatic N) is 3. The van der Waals surface area contributed by atoms with Crippen LogP contribution in [0.2, 0.25) is 5.15 Å². The standard InChI is InChI=1S/C17H18ClN3O3/c1-3-16(22)21-6-4-11(5-7-21)24-15-8-12-13(9-14(15)23-2)19-10-20-17(12)18/h3,8-11H,1,4-7H2,2H3. The number of benzene rings is 1. The van der Waals surface area contributed by atoms with Gasteiger partial charge in [-0.25, -0.2) is 9.97 Å². The average Bonchev–Trinajstić information content (AvgIpc) is 2.62. The molecule has 0 spiro atoms. The minimum absolute atomic E-state index is 0.00798. The number of ether oxygens (including phenoxy) is 2. The summed E-state index contributed by atoms with van der Waals surface area (Å²) in [5.74, 6) is 1.16. The van der Waals surface area contributed by atoms with Crippen molar-refractivity contribution in [3.05, 3.63) is 36.3 Å². The van der Waals surface area contributed by atoms with Gasteiger partial charge < -0.3 is 14.4 Å². The van der Waals surface area contributed by atoms with E-state index in [1.165, 1.54) is 12.4 Å². The molecule has 2 heterocycles. The van der Waals surface area contributed by atoms with E-state index in [2.05, 4.69) is 16.5 Å². The molecular weight excluding hydrogens is 330 g/mol. The van der Waals surface area contributed by atoms with Crippen molar-refractivity contribution in [3.63, 3.8) is 0 Å². The number of fused-ring (bicyclic) bond motifs is 1. The summed E-state index contributed by atoms with van der Waals surface area (Å²) < 4.78 is 11.5. The van der Waals surface area contributed by atoms with Gasteiger partial charge >= 0.3 is 0 Å². The van der Waals surface area contributed by atoms with E-state index in [1.807, 2.05) is 0 Å². The van der Waals surface area contributed by atoms with Gasteiger partial charge in [0.05, 0.1) is 12.6 Å². The monoisotopic (exact) mass is 347 g/mol. The van der Waals surface area contributed by atoms with Gasteiger partial charge in [-0.1, -0.05) is 18.2 Å². The van der Waals surface area contributed by atoms with E-state index < -0.39 is 0 Å². The van der Waals surface area contributed by atoms with Crippen molar-refractivity contribution in [2.24, 2.45) is 0 Å². The van der Waals surface area contributed by atoms with Gasteiger partial charge in [0.2, 0.25) is 5.91 Å². The Morgan fingerprint density at radius 3 is 2.75 bits per heavy atom. The van der Waals surface area contributed by atoms with Gasteiger partial charge in [0.15, 0.2) is 11.5 Å². The molecule has 1 amide bonds. The third-order valence-electron chi connectivity index (χ3n) is 4.09. The van der Waals surface area contributed by atoms with Gasteiger partial charge in [0, 0.05) is 37.4 Å². The first-order valence-corrected chi connectivity index (χ1v) is 8.06. The summed E-state index contributed by atoms with van der Waals surface area (Å²) in [5, 5.41) is 1.09. The Labute approximate surface area is 145 Å². The van der Waals surface area contributed by atoms with E-state index in [9.17, 15) is 4.79 Å². The molecule has 1 aromatic carbocycles. The van der Waals surface area contributed by atoms with E-state index in [0.29, 0.717) is 40.6 Å². The zero-order valence-corrected chi connectivity index (χ0v) is 14.1. The number of aromatic nitrogens is 2. The predicted octanol–water partition coefficient (Wildman–Crippen LogP) is 2.85. The lowest BCUT2D eigenvalue weighted by Gasteiger charge is -2.31. The number of amides is 1. The Bertz CT molecular complexity index is 773. The molecule has 6 nitrogen and oxygen atoms in total. The maximum atomic E-state index is 11.6. The van der Waals surface area contributed by atoms with Crippen molar-refractivity contribution in [1.82, 2.24) is 14.9 Å². The Morgan fingerprint density at radius 2 is 2.08 bits per heavy atom. The van der Waals surface area contributed by atoms with Gasteiger partial charge in [-0.05, 0) is 12.1 Å². The zero-order valence-electron chi connectivity index (χ0n) is 13.4. The Morgan fingerprint density at radius 1 is 1.33 bits per heavy atom. The molecule has 0 saturated carbocycles. The summed E-state index contributed by atoms with van der Waals surface area (Å²) in [7, 11) is 1.59. The number of rotatable bonds is 4. The molecule has 1 aliphatic heterocycles. The quantitative estimate of drug-likeness (QED) is 0.628. The first-order valence-electron chi connectivity index (χ1n) is 7.68. The first-order chi connectivity index (χ1) is 11.6. The summed E-state index contributed by atoms with van der Waals surface area (Å²) in [6, 6.07) is 3.59. The molecule has 1 saturated heterocycles. The zero-order chi connectivity index (χ0) is 17.1. The molecule has 0 unspecified atom stereocenters. The van der Waals surface area contributed by atoms with Crippen LogP contribution in [0.5, 0.6) is 11.5 Å². The van der Waals surface area contributed by atoms with Crippen LogP contribution in [0.1, 0.15) is 12.8 Å². The van der Waals surface area contributed by atoms with Gasteiger partial charge in [-0.2, -0.15) is 0 Å². The number of carbonyl (C=O) groups is 1. The van der Waals surface area contributed by atoms with E-state index >= 15 is 0 Å². The Kier molecular flexibility index (Phi) is 4.85. The second kappa shape index (κ2) is 7.05. The lowest BCUT2D eigenvalue weighted by Crippen LogP contribution is -2.41. The Hall–Kier alpha value is -2.34. The van der Waals surface area contributed by atoms with Crippen LogP contribution in [0.3, 0.4) is 0 Å². The summed E-state index contributed by atoms with van der Waals surface area (Å²) >= 11 is 6.14. The van der Waals surface area contributed by atoms with Crippen molar-refractivity contribution in [3.8, 4) is 11.5 Å². The van der Waals surface area contributed by atoms with Gasteiger partial charge in [0.25, 0.3) is 0 Å². The first kappa shape index (κ1) is 16.5. The number of hydrogen-bond acceptors (Lipinski definition) is 5. The molecule has 24 heavy (non-hydrogen) atoms. The molecule has 0 radical (unpaired) electrons. The van der Waals surface area contributed by atoms with Crippen molar-refractivity contribution < 1.29 is 14.3 Å². The molecule has 0 N–H and O–H groups in total. The third-order valence-corrected chi connectivity index (χ3v) is 4.40. The topological polar surface area (TPSA) is 64.6 Å². The molecule has 0 aliphatic carbocycles. The number of methoxy groups -OCH3 is 1. The molecule has 1 fully saturated rings. The molecule has 126 valence electrons. The summed E-state index contributed by atoms with van der Waals surface area (Å²) in [5.41, 5.74) is 0.700. The SMILES string of the molecule is C=CC(=O)N1CCC(Oc2cc3c(Cl)ncnc3cc2OC)CC1. The molecule has 3 rings (SSSR count). The van der Waals surface area contributed by atoms with Crippen LogP contribution in [0.15, 0.2) is 31.1 Å². The normalized spacial score (nSPS) is 15.3. The van der Waals surface area contributed by atoms with Crippen LogP contribution < -0.4 is 9.47 Å². The van der Waals surface area contributed by atoms with E-state index in [0.717, 1.165) is 12.8 Å². The highest BCUT2D eigenvalue weighted by Crippen LogP contribution is 2.35. The van der Waals surface area contributed by atoms with Gasteiger partial charge in [-0.15, -0.1) is 0 Å². The Balaban J connectivity index is 1.79. The van der Waals surface area contributed by atoms with E-state index in [-0.39, 0.29) is 12.0 Å². The van der Waals surface area contributed by atoms with Crippen molar-refractivity contribution in [1.29, 1.82) is 0 Å². The maximum Gasteiger partial charge on any atom is 0.245 e. The van der Waals surface area contributed by atoms with Crippen LogP contribution in [-0.4, -0.2) is 47.1 Å². The van der Waals surface area contributed by atoms with Gasteiger partial charge in [-0.3, -0.25) is 4.79 Å². The molecule has 7 heteroatoms. The number of hydrogen-bond donors (Lipinski definition) is 0. The van der Waals surface area contributed by atoms with Crippen LogP contribution in [0, 0.1) is 0 Å². The average molecular weight is 348 g/mol. The summed E-state index contributed by atoms with van der Waals surface area (Å²) in [4.78, 5) is 21.6. The van der Waals surface area contributed by atoms with Crippen LogP contribution in [-0.2, 0) is 4.79 Å². The lowest BCUT2D eigenvalue weighted by molar-refractivity contribution is -0.127. The minimum atomic E-state index is -0.0410. The fraction of sp³-hybridized carbons (Fsp3) is 0.353. The van der Waals surface area contributed by atoms with E-state index in [4.69, 9.17) is 21.1 Å². The summed E-state index contributed by atoms with van der Waals surface area (Å²) in [6.45, 7) is 4.82. The van der Waals surface area contributed by atoms with Crippen LogP contribution >= 0.6 is 11.6 Å². The smallest absolute Gasteiger partial charge is 0.245 e. The molecule has 0 atom stereocenters. The highest BCUT2D eigenvalue weighted by Gasteiger charge is 2.24. The minimum Gasteiger partial charge on any atom is -0.493 e. The fourth-order valence-electron chi connectivity index (χ4n) is 2.79. The number of halogens is 1. The predicted molar refractivity (Wildman–Crippen MR) is 91.5 cm³/mol. The van der Waals surface area contributed by atoms with Crippen molar-refractivity contribution >= 4 is 28.4 Å². The number of likely N-dealkylation sites (tertiary alicyclic amines) is 1. The lowest BCUT2D eigenvalue weighted by atomic mass is 10.1. The molecule has 1 aliphatic rings. The van der Waals surface area contributed by atoms with Gasteiger partial charge in [0.1, 0.15) is 17.6 Å². The highest BCUT2D eigenvalue weighted by atomic mass is 35.5. The van der Waals surface area contributed by atoms with Crippen molar-refractivity contribution in [2.45, 2.75) is 18.9 Å².